The number of nitro groups is 1. The van der Waals surface area contributed by atoms with Crippen molar-refractivity contribution in [2.75, 3.05) is 0 Å². The van der Waals surface area contributed by atoms with Crippen LogP contribution in [0.2, 0.25) is 0 Å². The number of aromatic hydroxyl groups is 2. The maximum Gasteiger partial charge on any atom is 0.269 e. The number of fused-ring (bicyclic) bond motifs is 1. The van der Waals surface area contributed by atoms with Gasteiger partial charge in [0.15, 0.2) is 0 Å². The van der Waals surface area contributed by atoms with Gasteiger partial charge in [-0.05, 0) is 54.6 Å². The van der Waals surface area contributed by atoms with E-state index in [2.05, 4.69) is 30.4 Å². The summed E-state index contributed by atoms with van der Waals surface area (Å²) < 4.78 is 1.01. The summed E-state index contributed by atoms with van der Waals surface area (Å²) in [5.41, 5.74) is 2.67. The number of nitrogens with zero attached hydrogens (tertiary/aromatic N) is 7. The lowest BCUT2D eigenvalue weighted by Crippen LogP contribution is -1.85. The van der Waals surface area contributed by atoms with Crippen molar-refractivity contribution in [1.82, 2.24) is 4.98 Å². The summed E-state index contributed by atoms with van der Waals surface area (Å²) in [5.74, 6) is -0.0593. The van der Waals surface area contributed by atoms with E-state index >= 15 is 0 Å². The molecule has 0 unspecified atom stereocenters. The summed E-state index contributed by atoms with van der Waals surface area (Å²) in [7, 11) is 0. The van der Waals surface area contributed by atoms with Gasteiger partial charge in [-0.1, -0.05) is 23.5 Å². The van der Waals surface area contributed by atoms with Gasteiger partial charge in [-0.15, -0.1) is 15.3 Å². The lowest BCUT2D eigenvalue weighted by molar-refractivity contribution is -0.384. The van der Waals surface area contributed by atoms with E-state index in [4.69, 9.17) is 0 Å². The molecular weight excluding hydrogens is 506 g/mol. The van der Waals surface area contributed by atoms with E-state index < -0.39 is 4.92 Å². The van der Waals surface area contributed by atoms with Crippen molar-refractivity contribution in [3.63, 3.8) is 0 Å². The van der Waals surface area contributed by atoms with E-state index in [-0.39, 0.29) is 22.9 Å². The fourth-order valence-corrected chi connectivity index (χ4v) is 4.09. The average molecular weight is 524 g/mol. The highest BCUT2D eigenvalue weighted by Gasteiger charge is 2.07. The second-order valence-electron chi connectivity index (χ2n) is 7.81. The summed E-state index contributed by atoms with van der Waals surface area (Å²) in [5, 5.41) is 48.3. The second-order valence-corrected chi connectivity index (χ2v) is 8.82. The molecule has 0 spiro atoms. The molecule has 186 valence electrons. The number of aromatic nitrogens is 1. The fraction of sp³-hybridized carbons (Fsp3) is 0. The van der Waals surface area contributed by atoms with Crippen LogP contribution in [0.15, 0.2) is 110 Å². The highest BCUT2D eigenvalue weighted by atomic mass is 32.1. The number of phenols is 2. The number of hydrogen-bond donors (Lipinski definition) is 2. The number of nitro benzene ring substituents is 1. The zero-order valence-electron chi connectivity index (χ0n) is 19.4. The number of hydrogen-bond acceptors (Lipinski definition) is 11. The van der Waals surface area contributed by atoms with Gasteiger partial charge in [0, 0.05) is 30.0 Å². The highest BCUT2D eigenvalue weighted by molar-refractivity contribution is 7.21. The predicted octanol–water partition coefficient (Wildman–Crippen LogP) is 8.20. The van der Waals surface area contributed by atoms with Crippen LogP contribution in [0.3, 0.4) is 0 Å². The third-order valence-corrected chi connectivity index (χ3v) is 6.10. The predicted molar refractivity (Wildman–Crippen MR) is 145 cm³/mol. The molecule has 0 aliphatic carbocycles. The van der Waals surface area contributed by atoms with Gasteiger partial charge in [-0.3, -0.25) is 15.1 Å². The maximum atomic E-state index is 10.8. The SMILES string of the molecule is O=[N+]([O-])c1ccc(N=Nc2ccc(O)cc2N=Cc2cc(N=Nc3nc4ccccc4s3)ccc2O)cc1. The third kappa shape index (κ3) is 5.71. The Balaban J connectivity index is 1.37. The van der Waals surface area contributed by atoms with E-state index in [0.717, 1.165) is 10.2 Å². The minimum atomic E-state index is -0.500. The van der Waals surface area contributed by atoms with Crippen LogP contribution in [-0.2, 0) is 0 Å². The van der Waals surface area contributed by atoms with Crippen LogP contribution in [0.5, 0.6) is 11.5 Å². The molecule has 2 N–H and O–H groups in total. The smallest absolute Gasteiger partial charge is 0.269 e. The highest BCUT2D eigenvalue weighted by Crippen LogP contribution is 2.34. The summed E-state index contributed by atoms with van der Waals surface area (Å²) in [6.45, 7) is 0. The van der Waals surface area contributed by atoms with Crippen LogP contribution in [0.4, 0.5) is 33.6 Å². The van der Waals surface area contributed by atoms with Gasteiger partial charge in [0.25, 0.3) is 5.69 Å². The average Bonchev–Trinajstić information content (AvgIpc) is 3.34. The minimum absolute atomic E-state index is 0.0260. The van der Waals surface area contributed by atoms with Gasteiger partial charge in [0.05, 0.1) is 32.2 Å². The van der Waals surface area contributed by atoms with Crippen molar-refractivity contribution < 1.29 is 15.1 Å². The first-order valence-electron chi connectivity index (χ1n) is 11.1. The van der Waals surface area contributed by atoms with Crippen LogP contribution in [0.1, 0.15) is 5.56 Å². The Morgan fingerprint density at radius 1 is 0.816 bits per heavy atom. The Morgan fingerprint density at radius 2 is 1.58 bits per heavy atom. The van der Waals surface area contributed by atoms with Crippen molar-refractivity contribution in [2.45, 2.75) is 0 Å². The minimum Gasteiger partial charge on any atom is -0.508 e. The van der Waals surface area contributed by atoms with Crippen molar-refractivity contribution >= 4 is 61.3 Å². The summed E-state index contributed by atoms with van der Waals surface area (Å²) in [4.78, 5) is 19.1. The second kappa shape index (κ2) is 10.7. The van der Waals surface area contributed by atoms with Crippen LogP contribution in [0.25, 0.3) is 10.2 Å². The largest absolute Gasteiger partial charge is 0.508 e. The molecule has 0 saturated carbocycles. The molecule has 38 heavy (non-hydrogen) atoms. The molecule has 0 radical (unpaired) electrons. The lowest BCUT2D eigenvalue weighted by atomic mass is 10.2. The van der Waals surface area contributed by atoms with Crippen molar-refractivity contribution in [1.29, 1.82) is 0 Å². The summed E-state index contributed by atoms with van der Waals surface area (Å²) in [6, 6.07) is 22.4. The van der Waals surface area contributed by atoms with Gasteiger partial charge in [0.1, 0.15) is 17.2 Å². The number of azo groups is 2. The molecule has 0 saturated heterocycles. The number of phenolic OH excluding ortho intramolecular Hbond substituents is 2. The zero-order chi connectivity index (χ0) is 26.5. The molecule has 1 aromatic heterocycles. The van der Waals surface area contributed by atoms with Gasteiger partial charge < -0.3 is 10.2 Å². The van der Waals surface area contributed by atoms with Crippen LogP contribution >= 0.6 is 11.3 Å². The number of thiazole rings is 1. The van der Waals surface area contributed by atoms with Crippen LogP contribution in [0, 0.1) is 10.1 Å². The van der Waals surface area contributed by atoms with E-state index in [1.807, 2.05) is 24.3 Å². The Hall–Kier alpha value is -5.36. The standard InChI is InChI=1S/C26H17N7O4S/c34-20-10-11-21(31-29-17-5-8-19(9-6-17)33(36)37)23(14-20)27-15-16-13-18(7-12-24(16)35)30-32-26-28-22-3-1-2-4-25(22)38-26/h1-15,34-35H. The first-order chi connectivity index (χ1) is 18.4. The van der Waals surface area contributed by atoms with Crippen molar-refractivity contribution in [2.24, 2.45) is 25.4 Å². The van der Waals surface area contributed by atoms with E-state index in [0.29, 0.717) is 27.8 Å². The molecule has 0 fully saturated rings. The molecule has 0 aliphatic rings. The Bertz CT molecular complexity index is 1700. The Labute approximate surface area is 219 Å². The first kappa shape index (κ1) is 24.3. The lowest BCUT2D eigenvalue weighted by Gasteiger charge is -2.02. The molecule has 0 amide bonds. The molecule has 12 heteroatoms. The Kier molecular flexibility index (Phi) is 6.87. The number of benzene rings is 4. The molecule has 0 atom stereocenters. The molecular formula is C26H17N7O4S. The van der Waals surface area contributed by atoms with E-state index in [9.17, 15) is 20.3 Å². The molecule has 5 rings (SSSR count). The number of non-ortho nitro benzene ring substituents is 1. The number of aliphatic imine (C=N–C) groups is 1. The maximum absolute atomic E-state index is 10.8. The van der Waals surface area contributed by atoms with Crippen molar-refractivity contribution in [3.8, 4) is 11.5 Å². The van der Waals surface area contributed by atoms with Crippen molar-refractivity contribution in [3.05, 3.63) is 101 Å². The van der Waals surface area contributed by atoms with E-state index in [1.165, 1.54) is 66.1 Å². The molecule has 5 aromatic rings. The topological polar surface area (TPSA) is 158 Å². The van der Waals surface area contributed by atoms with Gasteiger partial charge in [-0.2, -0.15) is 5.11 Å². The molecule has 11 nitrogen and oxygen atoms in total. The Morgan fingerprint density at radius 3 is 2.37 bits per heavy atom. The molecule has 1 heterocycles. The molecule has 0 bridgehead atoms. The summed E-state index contributed by atoms with van der Waals surface area (Å²) >= 11 is 1.42. The monoisotopic (exact) mass is 523 g/mol. The van der Waals surface area contributed by atoms with Crippen LogP contribution in [-0.4, -0.2) is 26.3 Å². The molecule has 4 aromatic carbocycles. The molecule has 0 aliphatic heterocycles. The number of rotatable bonds is 7. The van der Waals surface area contributed by atoms with E-state index in [1.54, 1.807) is 12.1 Å². The van der Waals surface area contributed by atoms with Gasteiger partial charge >= 0.3 is 0 Å². The zero-order valence-corrected chi connectivity index (χ0v) is 20.2. The third-order valence-electron chi connectivity index (χ3n) is 5.18. The normalized spacial score (nSPS) is 11.8. The van der Waals surface area contributed by atoms with Gasteiger partial charge in [0.2, 0.25) is 5.13 Å². The van der Waals surface area contributed by atoms with Crippen LogP contribution < -0.4 is 0 Å². The quantitative estimate of drug-likeness (QED) is 0.0950. The fourth-order valence-electron chi connectivity index (χ4n) is 3.30. The number of para-hydroxylation sites is 1. The first-order valence-corrected chi connectivity index (χ1v) is 11.9. The summed E-state index contributed by atoms with van der Waals surface area (Å²) in [6.07, 6.45) is 1.41. The van der Waals surface area contributed by atoms with Gasteiger partial charge in [-0.25, -0.2) is 4.98 Å².